The molecule has 2 N–H and O–H groups in total. The van der Waals surface area contributed by atoms with E-state index in [1.165, 1.54) is 12.1 Å². The molecule has 0 aliphatic rings. The minimum atomic E-state index is -0.589. The maximum absolute atomic E-state index is 13.5. The van der Waals surface area contributed by atoms with Crippen molar-refractivity contribution < 1.29 is 8.78 Å². The van der Waals surface area contributed by atoms with Crippen molar-refractivity contribution in [3.8, 4) is 0 Å². The number of halogens is 3. The molecule has 2 aromatic rings. The van der Waals surface area contributed by atoms with Gasteiger partial charge in [-0.3, -0.25) is 4.98 Å². The predicted molar refractivity (Wildman–Crippen MR) is 68.9 cm³/mol. The number of pyridine rings is 1. The molecule has 94 valence electrons. The SMILES string of the molecule is NC(Cc1ccc(F)cc1F)c1cncc(Br)c1. The van der Waals surface area contributed by atoms with Gasteiger partial charge in [0, 0.05) is 29.0 Å². The highest BCUT2D eigenvalue weighted by atomic mass is 79.9. The molecular weight excluding hydrogens is 302 g/mol. The Morgan fingerprint density at radius 3 is 2.67 bits per heavy atom. The lowest BCUT2D eigenvalue weighted by Crippen LogP contribution is -2.14. The van der Waals surface area contributed by atoms with Gasteiger partial charge in [0.05, 0.1) is 0 Å². The van der Waals surface area contributed by atoms with E-state index < -0.39 is 11.6 Å². The summed E-state index contributed by atoms with van der Waals surface area (Å²) < 4.78 is 27.1. The second-order valence-electron chi connectivity index (χ2n) is 3.98. The summed E-state index contributed by atoms with van der Waals surface area (Å²) in [6.07, 6.45) is 3.58. The molecule has 0 radical (unpaired) electrons. The zero-order chi connectivity index (χ0) is 13.1. The summed E-state index contributed by atoms with van der Waals surface area (Å²) in [5.74, 6) is -1.16. The van der Waals surface area contributed by atoms with Crippen LogP contribution in [0.5, 0.6) is 0 Å². The van der Waals surface area contributed by atoms with E-state index in [1.807, 2.05) is 6.07 Å². The Kier molecular flexibility index (Phi) is 4.04. The highest BCUT2D eigenvalue weighted by Gasteiger charge is 2.11. The van der Waals surface area contributed by atoms with Crippen LogP contribution < -0.4 is 5.73 Å². The molecule has 1 aromatic carbocycles. The van der Waals surface area contributed by atoms with Crippen LogP contribution in [0.2, 0.25) is 0 Å². The van der Waals surface area contributed by atoms with Gasteiger partial charge in [0.2, 0.25) is 0 Å². The molecule has 0 aliphatic heterocycles. The second-order valence-corrected chi connectivity index (χ2v) is 4.90. The molecule has 2 rings (SSSR count). The number of hydrogen-bond acceptors (Lipinski definition) is 2. The van der Waals surface area contributed by atoms with Crippen LogP contribution in [0.25, 0.3) is 0 Å². The fourth-order valence-electron chi connectivity index (χ4n) is 1.67. The molecule has 0 amide bonds. The molecule has 0 saturated heterocycles. The fraction of sp³-hybridized carbons (Fsp3) is 0.154. The number of nitrogens with two attached hydrogens (primary N) is 1. The Bertz CT molecular complexity index is 560. The zero-order valence-corrected chi connectivity index (χ0v) is 11.0. The standard InChI is InChI=1S/C13H11BrF2N2/c14-10-3-9(6-18-7-10)13(17)4-8-1-2-11(15)5-12(8)16/h1-3,5-7,13H,4,17H2. The molecular formula is C13H11BrF2N2. The van der Waals surface area contributed by atoms with Crippen LogP contribution in [-0.4, -0.2) is 4.98 Å². The Balaban J connectivity index is 2.18. The van der Waals surface area contributed by atoms with Crippen molar-refractivity contribution >= 4 is 15.9 Å². The molecule has 0 bridgehead atoms. The average Bonchev–Trinajstić information content (AvgIpc) is 2.32. The van der Waals surface area contributed by atoms with Crippen molar-refractivity contribution in [1.82, 2.24) is 4.98 Å². The minimum Gasteiger partial charge on any atom is -0.324 e. The van der Waals surface area contributed by atoms with Crippen molar-refractivity contribution in [1.29, 1.82) is 0 Å². The topological polar surface area (TPSA) is 38.9 Å². The first-order chi connectivity index (χ1) is 8.56. The van der Waals surface area contributed by atoms with E-state index in [9.17, 15) is 8.78 Å². The first kappa shape index (κ1) is 13.1. The van der Waals surface area contributed by atoms with Crippen LogP contribution in [0.3, 0.4) is 0 Å². The van der Waals surface area contributed by atoms with Gasteiger partial charge in [-0.15, -0.1) is 0 Å². The van der Waals surface area contributed by atoms with E-state index in [-0.39, 0.29) is 6.04 Å². The third-order valence-corrected chi connectivity index (χ3v) is 3.04. The third-order valence-electron chi connectivity index (χ3n) is 2.61. The zero-order valence-electron chi connectivity index (χ0n) is 9.41. The van der Waals surface area contributed by atoms with Gasteiger partial charge in [-0.05, 0) is 45.6 Å². The van der Waals surface area contributed by atoms with Crippen molar-refractivity contribution in [2.24, 2.45) is 5.73 Å². The van der Waals surface area contributed by atoms with Crippen molar-refractivity contribution in [2.75, 3.05) is 0 Å². The molecule has 5 heteroatoms. The van der Waals surface area contributed by atoms with E-state index in [0.717, 1.165) is 16.1 Å². The molecule has 18 heavy (non-hydrogen) atoms. The van der Waals surface area contributed by atoms with Gasteiger partial charge in [0.25, 0.3) is 0 Å². The highest BCUT2D eigenvalue weighted by Crippen LogP contribution is 2.20. The maximum Gasteiger partial charge on any atom is 0.129 e. The van der Waals surface area contributed by atoms with Crippen LogP contribution >= 0.6 is 15.9 Å². The summed E-state index contributed by atoms with van der Waals surface area (Å²) in [5.41, 5.74) is 7.17. The molecule has 2 nitrogen and oxygen atoms in total. The molecule has 1 atom stereocenters. The van der Waals surface area contributed by atoms with Crippen LogP contribution in [0.15, 0.2) is 41.1 Å². The minimum absolute atomic E-state index is 0.296. The highest BCUT2D eigenvalue weighted by molar-refractivity contribution is 9.10. The van der Waals surface area contributed by atoms with Crippen molar-refractivity contribution in [3.05, 3.63) is 63.9 Å². The molecule has 1 heterocycles. The van der Waals surface area contributed by atoms with E-state index >= 15 is 0 Å². The number of aromatic nitrogens is 1. The lowest BCUT2D eigenvalue weighted by molar-refractivity contribution is 0.563. The number of nitrogens with zero attached hydrogens (tertiary/aromatic N) is 1. The molecule has 1 unspecified atom stereocenters. The maximum atomic E-state index is 13.5. The van der Waals surface area contributed by atoms with E-state index in [1.54, 1.807) is 12.4 Å². The largest absolute Gasteiger partial charge is 0.324 e. The summed E-state index contributed by atoms with van der Waals surface area (Å²) in [6.45, 7) is 0. The third kappa shape index (κ3) is 3.11. The summed E-state index contributed by atoms with van der Waals surface area (Å²) in [6, 6.07) is 4.95. The molecule has 1 aromatic heterocycles. The van der Waals surface area contributed by atoms with Crippen molar-refractivity contribution in [3.63, 3.8) is 0 Å². The normalized spacial score (nSPS) is 12.4. The second kappa shape index (κ2) is 5.54. The van der Waals surface area contributed by atoms with Gasteiger partial charge in [-0.2, -0.15) is 0 Å². The molecule has 0 saturated carbocycles. The van der Waals surface area contributed by atoms with Gasteiger partial charge < -0.3 is 5.73 Å². The predicted octanol–water partition coefficient (Wildman–Crippen LogP) is 3.36. The van der Waals surface area contributed by atoms with Gasteiger partial charge in [0.1, 0.15) is 11.6 Å². The number of hydrogen-bond donors (Lipinski definition) is 1. The van der Waals surface area contributed by atoms with E-state index in [4.69, 9.17) is 5.73 Å². The van der Waals surface area contributed by atoms with Gasteiger partial charge in [-0.1, -0.05) is 6.07 Å². The van der Waals surface area contributed by atoms with Gasteiger partial charge in [-0.25, -0.2) is 8.78 Å². The summed E-state index contributed by atoms with van der Waals surface area (Å²) >= 11 is 3.30. The summed E-state index contributed by atoms with van der Waals surface area (Å²) in [5, 5.41) is 0. The fourth-order valence-corrected chi connectivity index (χ4v) is 2.06. The monoisotopic (exact) mass is 312 g/mol. The van der Waals surface area contributed by atoms with Crippen LogP contribution in [0.4, 0.5) is 8.78 Å². The van der Waals surface area contributed by atoms with E-state index in [0.29, 0.717) is 12.0 Å². The Hall–Kier alpha value is -1.33. The number of rotatable bonds is 3. The summed E-state index contributed by atoms with van der Waals surface area (Å²) in [7, 11) is 0. The lowest BCUT2D eigenvalue weighted by Gasteiger charge is -2.12. The van der Waals surface area contributed by atoms with Crippen molar-refractivity contribution in [2.45, 2.75) is 12.5 Å². The average molecular weight is 313 g/mol. The first-order valence-electron chi connectivity index (χ1n) is 5.36. The Morgan fingerprint density at radius 1 is 1.22 bits per heavy atom. The lowest BCUT2D eigenvalue weighted by atomic mass is 10.0. The van der Waals surface area contributed by atoms with Gasteiger partial charge in [0.15, 0.2) is 0 Å². The quantitative estimate of drug-likeness (QED) is 0.943. The van der Waals surface area contributed by atoms with Crippen LogP contribution in [-0.2, 0) is 6.42 Å². The van der Waals surface area contributed by atoms with E-state index in [2.05, 4.69) is 20.9 Å². The van der Waals surface area contributed by atoms with Gasteiger partial charge >= 0.3 is 0 Å². The first-order valence-corrected chi connectivity index (χ1v) is 6.15. The smallest absolute Gasteiger partial charge is 0.129 e. The molecule has 0 aliphatic carbocycles. The molecule has 0 fully saturated rings. The van der Waals surface area contributed by atoms with Crippen LogP contribution in [0.1, 0.15) is 17.2 Å². The Labute approximate surface area is 112 Å². The molecule has 0 spiro atoms. The van der Waals surface area contributed by atoms with Crippen LogP contribution in [0, 0.1) is 11.6 Å². The summed E-state index contributed by atoms with van der Waals surface area (Å²) in [4.78, 5) is 4.00. The Morgan fingerprint density at radius 2 is 2.00 bits per heavy atom. The number of benzene rings is 1.